The standard InChI is InChI=1S/C31H31N7O5S4/c1-30(26-13-11-25(44-26)22-9-6-10-23(16-22)43-4)18-46(39,40)38(3)29(35-30)36-31(19-47(41,42)37(2)28(33)34-31)27-14-12-24(45-27)21-8-5-7-20(15-21)17-32/h5-16H,18-19H2,1-4H3,(H2,33,34)(H,35,36)/t30-,31+/m0/s1. The molecule has 0 unspecified atom stereocenters. The van der Waals surface area contributed by atoms with Crippen molar-refractivity contribution in [1.82, 2.24) is 13.9 Å². The Bertz CT molecular complexity index is 2200. The highest BCUT2D eigenvalue weighted by molar-refractivity contribution is 7.90. The molecule has 0 bridgehead atoms. The molecule has 3 N–H and O–H groups in total. The van der Waals surface area contributed by atoms with Crippen LogP contribution in [0.5, 0.6) is 5.75 Å². The first kappa shape index (κ1) is 32.5. The van der Waals surface area contributed by atoms with Gasteiger partial charge in [0.15, 0.2) is 0 Å². The Morgan fingerprint density at radius 3 is 2.19 bits per heavy atom. The van der Waals surface area contributed by atoms with E-state index in [1.165, 1.54) is 36.8 Å². The molecular formula is C31H31N7O5S4. The normalized spacial score (nSPS) is 24.3. The molecular weight excluding hydrogens is 679 g/mol. The van der Waals surface area contributed by atoms with Crippen LogP contribution in [0.1, 0.15) is 22.2 Å². The second-order valence-electron chi connectivity index (χ2n) is 11.4. The lowest BCUT2D eigenvalue weighted by molar-refractivity contribution is 0.410. The number of hydrogen-bond donors (Lipinski definition) is 2. The third-order valence-electron chi connectivity index (χ3n) is 8.07. The number of hydrogen-bond acceptors (Lipinski definition) is 11. The zero-order chi connectivity index (χ0) is 33.8. The van der Waals surface area contributed by atoms with E-state index in [1.807, 2.05) is 42.5 Å². The van der Waals surface area contributed by atoms with Crippen LogP contribution in [0.15, 0.2) is 82.8 Å². The van der Waals surface area contributed by atoms with Gasteiger partial charge in [0.1, 0.15) is 11.5 Å². The number of nitrogens with two attached hydrogens (primary N) is 1. The second-order valence-corrected chi connectivity index (χ2v) is 17.5. The van der Waals surface area contributed by atoms with Gasteiger partial charge in [-0.2, -0.15) is 5.26 Å². The zero-order valence-corrected chi connectivity index (χ0v) is 29.1. The molecule has 2 aliphatic rings. The first-order valence-corrected chi connectivity index (χ1v) is 19.1. The molecule has 4 heterocycles. The lowest BCUT2D eigenvalue weighted by Crippen LogP contribution is -2.62. The van der Waals surface area contributed by atoms with Gasteiger partial charge in [-0.3, -0.25) is 0 Å². The minimum atomic E-state index is -4.01. The molecule has 0 radical (unpaired) electrons. The Balaban J connectivity index is 1.47. The molecule has 0 spiro atoms. The lowest BCUT2D eigenvalue weighted by Gasteiger charge is -2.41. The Morgan fingerprint density at radius 2 is 1.53 bits per heavy atom. The fourth-order valence-corrected chi connectivity index (χ4v) is 10.6. The van der Waals surface area contributed by atoms with E-state index in [2.05, 4.69) is 16.4 Å². The predicted molar refractivity (Wildman–Crippen MR) is 185 cm³/mol. The van der Waals surface area contributed by atoms with Crippen molar-refractivity contribution in [3.8, 4) is 32.7 Å². The average Bonchev–Trinajstić information content (AvgIpc) is 3.74. The topological polar surface area (TPSA) is 171 Å². The second kappa shape index (κ2) is 11.7. The molecule has 2 aromatic heterocycles. The molecule has 47 heavy (non-hydrogen) atoms. The molecule has 0 amide bonds. The number of thiophene rings is 2. The van der Waals surface area contributed by atoms with Gasteiger partial charge in [0.2, 0.25) is 37.6 Å². The average molecular weight is 710 g/mol. The van der Waals surface area contributed by atoms with Crippen LogP contribution in [-0.2, 0) is 31.2 Å². The maximum Gasteiger partial charge on any atom is 0.241 e. The van der Waals surface area contributed by atoms with Crippen molar-refractivity contribution >= 4 is 54.6 Å². The largest absolute Gasteiger partial charge is 0.497 e. The van der Waals surface area contributed by atoms with Crippen molar-refractivity contribution < 1.29 is 21.6 Å². The molecule has 0 saturated carbocycles. The van der Waals surface area contributed by atoms with Crippen molar-refractivity contribution in [3.63, 3.8) is 0 Å². The summed E-state index contributed by atoms with van der Waals surface area (Å²) >= 11 is 2.67. The third-order valence-corrected chi connectivity index (χ3v) is 14.5. The van der Waals surface area contributed by atoms with Crippen molar-refractivity contribution in [3.05, 3.63) is 88.1 Å². The first-order chi connectivity index (χ1) is 22.2. The van der Waals surface area contributed by atoms with Gasteiger partial charge in [0, 0.05) is 28.7 Å². The predicted octanol–water partition coefficient (Wildman–Crippen LogP) is 3.90. The summed E-state index contributed by atoms with van der Waals surface area (Å²) in [4.78, 5) is 12.3. The number of nitriles is 1. The van der Waals surface area contributed by atoms with Crippen LogP contribution < -0.4 is 15.8 Å². The van der Waals surface area contributed by atoms with Gasteiger partial charge in [-0.05, 0) is 66.6 Å². The summed E-state index contributed by atoms with van der Waals surface area (Å²) in [5.74, 6) is -0.527. The Labute approximate surface area is 281 Å². The van der Waals surface area contributed by atoms with E-state index in [0.29, 0.717) is 16.2 Å². The van der Waals surface area contributed by atoms with Gasteiger partial charge in [0.25, 0.3) is 0 Å². The number of aliphatic imine (C=N–C) groups is 2. The highest BCUT2D eigenvalue weighted by atomic mass is 32.2. The molecule has 244 valence electrons. The van der Waals surface area contributed by atoms with Gasteiger partial charge >= 0.3 is 0 Å². The van der Waals surface area contributed by atoms with Crippen LogP contribution in [0, 0.1) is 11.3 Å². The Hall–Kier alpha value is -4.43. The SMILES string of the molecule is COc1cccc(-c2ccc([C@]3(C)CS(=O)(=O)N(C)C(=N[C@@]4(c5ccc(-c6cccc(C#N)c6)s5)CS(=O)(=O)N(C)C(N)=N4)N3)s2)c1. The summed E-state index contributed by atoms with van der Waals surface area (Å²) in [6, 6.07) is 24.0. The van der Waals surface area contributed by atoms with E-state index < -0.39 is 37.0 Å². The van der Waals surface area contributed by atoms with Gasteiger partial charge in [-0.15, -0.1) is 22.7 Å². The highest BCUT2D eigenvalue weighted by Gasteiger charge is 2.49. The number of sulfonamides is 2. The molecule has 2 aliphatic heterocycles. The van der Waals surface area contributed by atoms with Gasteiger partial charge < -0.3 is 15.8 Å². The maximum absolute atomic E-state index is 13.7. The van der Waals surface area contributed by atoms with Gasteiger partial charge in [-0.25, -0.2) is 35.4 Å². The van der Waals surface area contributed by atoms with E-state index in [-0.39, 0.29) is 17.7 Å². The number of benzene rings is 2. The van der Waals surface area contributed by atoms with E-state index in [4.69, 9.17) is 15.5 Å². The quantitative estimate of drug-likeness (QED) is 0.304. The molecule has 1 saturated heterocycles. The first-order valence-electron chi connectivity index (χ1n) is 14.2. The lowest BCUT2D eigenvalue weighted by atomic mass is 10.0. The highest BCUT2D eigenvalue weighted by Crippen LogP contribution is 2.42. The van der Waals surface area contributed by atoms with Crippen LogP contribution in [0.4, 0.5) is 0 Å². The number of methoxy groups -OCH3 is 1. The van der Waals surface area contributed by atoms with Crippen LogP contribution in [0.25, 0.3) is 20.9 Å². The van der Waals surface area contributed by atoms with Crippen molar-refractivity contribution in [2.75, 3.05) is 32.7 Å². The molecule has 16 heteroatoms. The molecule has 6 rings (SSSR count). The third kappa shape index (κ3) is 5.95. The zero-order valence-electron chi connectivity index (χ0n) is 25.8. The van der Waals surface area contributed by atoms with Crippen LogP contribution in [0.2, 0.25) is 0 Å². The fraction of sp³-hybridized carbons (Fsp3) is 0.258. The summed E-state index contributed by atoms with van der Waals surface area (Å²) < 4.78 is 61.5. The van der Waals surface area contributed by atoms with Crippen molar-refractivity contribution in [1.29, 1.82) is 5.26 Å². The molecule has 4 aromatic rings. The Morgan fingerprint density at radius 1 is 0.915 bits per heavy atom. The summed E-state index contributed by atoms with van der Waals surface area (Å²) in [5, 5.41) is 12.7. The minimum absolute atomic E-state index is 0.0761. The van der Waals surface area contributed by atoms with Gasteiger partial charge in [-0.1, -0.05) is 24.3 Å². The molecule has 2 aromatic carbocycles. The minimum Gasteiger partial charge on any atom is -0.497 e. The number of nitrogens with one attached hydrogen (secondary N) is 1. The number of ether oxygens (including phenoxy) is 1. The summed E-state index contributed by atoms with van der Waals surface area (Å²) in [6.45, 7) is 1.77. The fourth-order valence-electron chi connectivity index (χ4n) is 5.40. The van der Waals surface area contributed by atoms with Crippen LogP contribution in [-0.4, -0.2) is 70.1 Å². The number of rotatable bonds is 6. The smallest absolute Gasteiger partial charge is 0.241 e. The summed E-state index contributed by atoms with van der Waals surface area (Å²) in [5.41, 5.74) is 5.39. The molecule has 1 fully saturated rings. The van der Waals surface area contributed by atoms with E-state index in [1.54, 1.807) is 44.4 Å². The summed E-state index contributed by atoms with van der Waals surface area (Å²) in [7, 11) is -3.67. The van der Waals surface area contributed by atoms with E-state index in [0.717, 1.165) is 34.4 Å². The van der Waals surface area contributed by atoms with Crippen LogP contribution in [0.3, 0.4) is 0 Å². The molecule has 12 nitrogen and oxygen atoms in total. The number of nitrogens with zero attached hydrogens (tertiary/aromatic N) is 5. The van der Waals surface area contributed by atoms with Gasteiger partial charge in [0.05, 0.1) is 34.9 Å². The maximum atomic E-state index is 13.7. The summed E-state index contributed by atoms with van der Waals surface area (Å²) in [6.07, 6.45) is 0. The Kier molecular flexibility index (Phi) is 8.07. The molecule has 0 aliphatic carbocycles. The van der Waals surface area contributed by atoms with Crippen LogP contribution >= 0.6 is 22.7 Å². The monoisotopic (exact) mass is 709 g/mol. The van der Waals surface area contributed by atoms with E-state index >= 15 is 0 Å². The van der Waals surface area contributed by atoms with Crippen molar-refractivity contribution in [2.45, 2.75) is 18.1 Å². The van der Waals surface area contributed by atoms with Crippen molar-refractivity contribution in [2.24, 2.45) is 15.7 Å². The molecule has 2 atom stereocenters. The number of guanidine groups is 2. The van der Waals surface area contributed by atoms with E-state index in [9.17, 15) is 22.1 Å².